The van der Waals surface area contributed by atoms with E-state index >= 15 is 0 Å². The average molecular weight is 603 g/mol. The lowest BCUT2D eigenvalue weighted by Crippen LogP contribution is -1.98. The first-order valence-corrected chi connectivity index (χ1v) is 17.3. The highest BCUT2D eigenvalue weighted by Gasteiger charge is 2.12. The summed E-state index contributed by atoms with van der Waals surface area (Å²) in [5, 5.41) is 16.1. The molecule has 0 bridgehead atoms. The quantitative estimate of drug-likeness (QED) is 0.0858. The summed E-state index contributed by atoms with van der Waals surface area (Å²) < 4.78 is 12.3. The summed E-state index contributed by atoms with van der Waals surface area (Å²) in [4.78, 5) is 0. The van der Waals surface area contributed by atoms with Gasteiger partial charge in [0.15, 0.2) is 0 Å². The summed E-state index contributed by atoms with van der Waals surface area (Å²) in [5.74, 6) is 0. The fraction of sp³-hybridized carbons (Fsp3) is 0.273. The van der Waals surface area contributed by atoms with Crippen LogP contribution in [0.25, 0.3) is 64.6 Å². The summed E-state index contributed by atoms with van der Waals surface area (Å²) in [5.41, 5.74) is 2.59. The standard InChI is InChI=1S/C44H42O2/c1(3-5-7-27-45-29-37-21-19-35-17-15-31-11-9-13-33-23-25-39(37)43(35)41(31)33)2-4-6-8-28-46-30-38-22-20-36-18-16-32-12-10-14-34-24-26-40(38)44(36)42(32)34/h9-26H,1-8,27-30H2. The molecular formula is C44H42O2. The Morgan fingerprint density at radius 2 is 0.630 bits per heavy atom. The van der Waals surface area contributed by atoms with Crippen LogP contribution < -0.4 is 0 Å². The van der Waals surface area contributed by atoms with Crippen molar-refractivity contribution in [3.05, 3.63) is 120 Å². The summed E-state index contributed by atoms with van der Waals surface area (Å²) in [6.45, 7) is 3.05. The molecule has 0 atom stereocenters. The molecule has 230 valence electrons. The maximum Gasteiger partial charge on any atom is 0.0722 e. The van der Waals surface area contributed by atoms with Crippen LogP contribution in [0.15, 0.2) is 109 Å². The first kappa shape index (κ1) is 29.2. The highest BCUT2D eigenvalue weighted by atomic mass is 16.5. The van der Waals surface area contributed by atoms with E-state index in [0.29, 0.717) is 13.2 Å². The molecule has 0 aliphatic carbocycles. The van der Waals surface area contributed by atoms with Crippen LogP contribution in [0, 0.1) is 0 Å². The highest BCUT2D eigenvalue weighted by molar-refractivity contribution is 6.24. The predicted octanol–water partition coefficient (Wildman–Crippen LogP) is 12.3. The number of hydrogen-bond donors (Lipinski definition) is 0. The highest BCUT2D eigenvalue weighted by Crippen LogP contribution is 2.37. The van der Waals surface area contributed by atoms with Crippen molar-refractivity contribution in [2.75, 3.05) is 13.2 Å². The molecule has 46 heavy (non-hydrogen) atoms. The minimum Gasteiger partial charge on any atom is -0.377 e. The van der Waals surface area contributed by atoms with Gasteiger partial charge in [0.1, 0.15) is 0 Å². The second-order valence-corrected chi connectivity index (χ2v) is 13.1. The van der Waals surface area contributed by atoms with Crippen LogP contribution in [-0.2, 0) is 22.7 Å². The normalized spacial score (nSPS) is 12.3. The molecule has 0 amide bonds. The van der Waals surface area contributed by atoms with Gasteiger partial charge in [-0.05, 0) is 88.6 Å². The smallest absolute Gasteiger partial charge is 0.0722 e. The van der Waals surface area contributed by atoms with E-state index in [2.05, 4.69) is 109 Å². The molecule has 8 rings (SSSR count). The molecule has 0 aliphatic rings. The lowest BCUT2D eigenvalue weighted by molar-refractivity contribution is 0.116. The van der Waals surface area contributed by atoms with Crippen molar-refractivity contribution >= 4 is 64.6 Å². The third kappa shape index (κ3) is 5.66. The summed E-state index contributed by atoms with van der Waals surface area (Å²) in [7, 11) is 0. The second-order valence-electron chi connectivity index (χ2n) is 13.1. The molecule has 0 heterocycles. The van der Waals surface area contributed by atoms with Crippen molar-refractivity contribution in [3.8, 4) is 0 Å². The van der Waals surface area contributed by atoms with Crippen LogP contribution in [0.3, 0.4) is 0 Å². The minimum atomic E-state index is 0.687. The molecule has 0 spiro atoms. The van der Waals surface area contributed by atoms with Gasteiger partial charge in [-0.15, -0.1) is 0 Å². The minimum absolute atomic E-state index is 0.687. The molecule has 0 saturated carbocycles. The fourth-order valence-corrected chi connectivity index (χ4v) is 7.68. The van der Waals surface area contributed by atoms with Crippen molar-refractivity contribution in [1.82, 2.24) is 0 Å². The molecule has 0 fully saturated rings. The lowest BCUT2D eigenvalue weighted by atomic mass is 9.92. The molecule has 2 heteroatoms. The second kappa shape index (κ2) is 13.2. The van der Waals surface area contributed by atoms with E-state index in [9.17, 15) is 0 Å². The topological polar surface area (TPSA) is 18.5 Å². The lowest BCUT2D eigenvalue weighted by Gasteiger charge is -2.14. The molecule has 8 aromatic rings. The van der Waals surface area contributed by atoms with Gasteiger partial charge in [0.25, 0.3) is 0 Å². The Balaban J connectivity index is 0.715. The Hall–Kier alpha value is -4.24. The number of unbranched alkanes of at least 4 members (excludes halogenated alkanes) is 7. The molecule has 2 nitrogen and oxygen atoms in total. The number of benzene rings is 8. The van der Waals surface area contributed by atoms with Crippen LogP contribution in [-0.4, -0.2) is 13.2 Å². The zero-order valence-corrected chi connectivity index (χ0v) is 26.7. The summed E-state index contributed by atoms with van der Waals surface area (Å²) in [6, 6.07) is 40.2. The molecule has 0 saturated heterocycles. The first-order valence-electron chi connectivity index (χ1n) is 17.3. The van der Waals surface area contributed by atoms with E-state index in [-0.39, 0.29) is 0 Å². The molecule has 0 aliphatic heterocycles. The monoisotopic (exact) mass is 602 g/mol. The van der Waals surface area contributed by atoms with Gasteiger partial charge >= 0.3 is 0 Å². The summed E-state index contributed by atoms with van der Waals surface area (Å²) >= 11 is 0. The van der Waals surface area contributed by atoms with Crippen molar-refractivity contribution in [3.63, 3.8) is 0 Å². The zero-order valence-electron chi connectivity index (χ0n) is 26.7. The number of hydrogen-bond acceptors (Lipinski definition) is 2. The van der Waals surface area contributed by atoms with Gasteiger partial charge in [-0.3, -0.25) is 0 Å². The Bertz CT molecular complexity index is 2040. The Morgan fingerprint density at radius 3 is 1.04 bits per heavy atom. The van der Waals surface area contributed by atoms with E-state index in [1.807, 2.05) is 0 Å². The first-order chi connectivity index (χ1) is 22.8. The Kier molecular flexibility index (Phi) is 8.40. The summed E-state index contributed by atoms with van der Waals surface area (Å²) in [6.07, 6.45) is 10.0. The van der Waals surface area contributed by atoms with Crippen LogP contribution in [0.1, 0.15) is 62.5 Å². The van der Waals surface area contributed by atoms with Crippen LogP contribution in [0.2, 0.25) is 0 Å². The molecule has 0 N–H and O–H groups in total. The van der Waals surface area contributed by atoms with Crippen molar-refractivity contribution in [2.45, 2.75) is 64.6 Å². The van der Waals surface area contributed by atoms with E-state index in [1.165, 1.54) is 114 Å². The van der Waals surface area contributed by atoms with Gasteiger partial charge in [0.05, 0.1) is 13.2 Å². The molecule has 8 aromatic carbocycles. The molecule has 0 radical (unpaired) electrons. The predicted molar refractivity (Wildman–Crippen MR) is 197 cm³/mol. The third-order valence-electron chi connectivity index (χ3n) is 10.1. The van der Waals surface area contributed by atoms with Crippen LogP contribution in [0.5, 0.6) is 0 Å². The maximum absolute atomic E-state index is 6.16. The van der Waals surface area contributed by atoms with Gasteiger partial charge in [-0.1, -0.05) is 148 Å². The van der Waals surface area contributed by atoms with Crippen molar-refractivity contribution in [1.29, 1.82) is 0 Å². The van der Waals surface area contributed by atoms with Gasteiger partial charge < -0.3 is 9.47 Å². The average Bonchev–Trinajstić information content (AvgIpc) is 3.10. The Morgan fingerprint density at radius 1 is 0.304 bits per heavy atom. The van der Waals surface area contributed by atoms with Crippen LogP contribution in [0.4, 0.5) is 0 Å². The fourth-order valence-electron chi connectivity index (χ4n) is 7.68. The Labute approximate surface area is 271 Å². The third-order valence-corrected chi connectivity index (χ3v) is 10.1. The maximum atomic E-state index is 6.16. The largest absolute Gasteiger partial charge is 0.377 e. The molecule has 0 aromatic heterocycles. The van der Waals surface area contributed by atoms with E-state index in [4.69, 9.17) is 9.47 Å². The number of ether oxygens (including phenoxy) is 2. The van der Waals surface area contributed by atoms with Crippen molar-refractivity contribution < 1.29 is 9.47 Å². The molecule has 0 unspecified atom stereocenters. The van der Waals surface area contributed by atoms with Gasteiger partial charge in [0, 0.05) is 13.2 Å². The van der Waals surface area contributed by atoms with E-state index < -0.39 is 0 Å². The van der Waals surface area contributed by atoms with E-state index in [0.717, 1.165) is 26.1 Å². The van der Waals surface area contributed by atoms with Gasteiger partial charge in [0.2, 0.25) is 0 Å². The van der Waals surface area contributed by atoms with E-state index in [1.54, 1.807) is 0 Å². The SMILES string of the molecule is c1cc2ccc3ccc(COCCCCCCCCCCOCc4ccc5ccc6cccc7ccc4c5c67)c4ccc(c1)c2c34. The zero-order chi connectivity index (χ0) is 30.7. The van der Waals surface area contributed by atoms with Crippen LogP contribution >= 0.6 is 0 Å². The van der Waals surface area contributed by atoms with Crippen molar-refractivity contribution in [2.24, 2.45) is 0 Å². The van der Waals surface area contributed by atoms with Gasteiger partial charge in [-0.25, -0.2) is 0 Å². The number of rotatable bonds is 15. The van der Waals surface area contributed by atoms with Gasteiger partial charge in [-0.2, -0.15) is 0 Å². The molecular weight excluding hydrogens is 560 g/mol.